The van der Waals surface area contributed by atoms with E-state index in [0.717, 1.165) is 25.9 Å². The molecule has 0 bridgehead atoms. The summed E-state index contributed by atoms with van der Waals surface area (Å²) in [5.74, 6) is -0.158. The molecule has 2 aliphatic heterocycles. The second-order valence-electron chi connectivity index (χ2n) is 6.95. The monoisotopic (exact) mass is 347 g/mol. The highest BCUT2D eigenvalue weighted by Gasteiger charge is 2.35. The molecule has 0 radical (unpaired) electrons. The van der Waals surface area contributed by atoms with Crippen molar-refractivity contribution in [2.45, 2.75) is 44.8 Å². The van der Waals surface area contributed by atoms with Crippen molar-refractivity contribution < 1.29 is 24.2 Å². The number of nitrogens with zero attached hydrogens (tertiary/aromatic N) is 1. The lowest BCUT2D eigenvalue weighted by molar-refractivity contribution is -0.144. The average molecular weight is 347 g/mol. The molecule has 2 fully saturated rings. The third-order valence-corrected chi connectivity index (χ3v) is 4.97. The largest absolute Gasteiger partial charge is 0.491 e. The number of carbonyl (C=O) groups excluding carboxylic acids is 1. The molecule has 3 atom stereocenters. The molecule has 1 N–H and O–H groups in total. The molecule has 136 valence electrons. The fourth-order valence-electron chi connectivity index (χ4n) is 3.44. The molecule has 3 rings (SSSR count). The van der Waals surface area contributed by atoms with Gasteiger partial charge in [-0.05, 0) is 55.9 Å². The predicted octanol–water partition coefficient (Wildman–Crippen LogP) is 2.57. The first-order chi connectivity index (χ1) is 12.0. The Morgan fingerprint density at radius 2 is 2.04 bits per heavy atom. The summed E-state index contributed by atoms with van der Waals surface area (Å²) in [6.45, 7) is 3.81. The van der Waals surface area contributed by atoms with E-state index in [9.17, 15) is 14.7 Å². The molecular weight excluding hydrogens is 322 g/mol. The van der Waals surface area contributed by atoms with Crippen molar-refractivity contribution in [3.8, 4) is 5.75 Å². The first-order valence-corrected chi connectivity index (χ1v) is 8.93. The lowest BCUT2D eigenvalue weighted by atomic mass is 9.92. The molecule has 2 saturated heterocycles. The SMILES string of the molecule is CC1CCN(C(=O)c2ccc(OCC3CCCO3)cc2)C(C(=O)O)C1. The predicted molar refractivity (Wildman–Crippen MR) is 91.8 cm³/mol. The minimum Gasteiger partial charge on any atom is -0.491 e. The molecule has 0 aromatic heterocycles. The highest BCUT2D eigenvalue weighted by Crippen LogP contribution is 2.25. The maximum atomic E-state index is 12.7. The van der Waals surface area contributed by atoms with Crippen LogP contribution in [0.25, 0.3) is 0 Å². The molecule has 1 aromatic carbocycles. The first-order valence-electron chi connectivity index (χ1n) is 8.93. The minimum absolute atomic E-state index is 0.146. The van der Waals surface area contributed by atoms with Gasteiger partial charge in [0.1, 0.15) is 18.4 Å². The summed E-state index contributed by atoms with van der Waals surface area (Å²) in [4.78, 5) is 25.7. The van der Waals surface area contributed by atoms with Crippen LogP contribution in [0.15, 0.2) is 24.3 Å². The van der Waals surface area contributed by atoms with Crippen LogP contribution < -0.4 is 4.74 Å². The molecule has 0 saturated carbocycles. The number of rotatable bonds is 5. The molecule has 3 unspecified atom stereocenters. The topological polar surface area (TPSA) is 76.1 Å². The zero-order valence-electron chi connectivity index (χ0n) is 14.5. The van der Waals surface area contributed by atoms with Gasteiger partial charge < -0.3 is 19.5 Å². The minimum atomic E-state index is -0.934. The zero-order chi connectivity index (χ0) is 17.8. The number of likely N-dealkylation sites (tertiary alicyclic amines) is 1. The van der Waals surface area contributed by atoms with E-state index < -0.39 is 12.0 Å². The molecule has 1 amide bonds. The van der Waals surface area contributed by atoms with E-state index >= 15 is 0 Å². The van der Waals surface area contributed by atoms with Crippen LogP contribution in [0.4, 0.5) is 0 Å². The Kier molecular flexibility index (Phi) is 5.58. The van der Waals surface area contributed by atoms with Crippen molar-refractivity contribution >= 4 is 11.9 Å². The summed E-state index contributed by atoms with van der Waals surface area (Å²) in [5.41, 5.74) is 0.491. The number of carboxylic acid groups (broad SMARTS) is 1. The molecule has 1 aromatic rings. The van der Waals surface area contributed by atoms with E-state index in [2.05, 4.69) is 0 Å². The maximum absolute atomic E-state index is 12.7. The third kappa shape index (κ3) is 4.31. The highest BCUT2D eigenvalue weighted by atomic mass is 16.5. The summed E-state index contributed by atoms with van der Waals surface area (Å²) in [5, 5.41) is 9.41. The number of aliphatic carboxylic acids is 1. The average Bonchev–Trinajstić information content (AvgIpc) is 3.13. The van der Waals surface area contributed by atoms with Crippen molar-refractivity contribution in [3.05, 3.63) is 29.8 Å². The number of amides is 1. The Labute approximate surface area is 147 Å². The summed E-state index contributed by atoms with van der Waals surface area (Å²) in [6.07, 6.45) is 3.57. The van der Waals surface area contributed by atoms with E-state index in [1.807, 2.05) is 6.92 Å². The quantitative estimate of drug-likeness (QED) is 0.886. The van der Waals surface area contributed by atoms with Gasteiger partial charge in [-0.2, -0.15) is 0 Å². The van der Waals surface area contributed by atoms with Gasteiger partial charge >= 0.3 is 5.97 Å². The van der Waals surface area contributed by atoms with Gasteiger partial charge in [0.05, 0.1) is 6.10 Å². The number of carbonyl (C=O) groups is 2. The fourth-order valence-corrected chi connectivity index (χ4v) is 3.44. The lowest BCUT2D eigenvalue weighted by Gasteiger charge is -2.36. The van der Waals surface area contributed by atoms with Crippen molar-refractivity contribution in [2.24, 2.45) is 5.92 Å². The Bertz CT molecular complexity index is 609. The molecule has 0 aliphatic carbocycles. The number of carboxylic acids is 1. The smallest absolute Gasteiger partial charge is 0.326 e. The van der Waals surface area contributed by atoms with Gasteiger partial charge in [0.15, 0.2) is 0 Å². The van der Waals surface area contributed by atoms with Crippen molar-refractivity contribution in [1.82, 2.24) is 4.90 Å². The number of ether oxygens (including phenoxy) is 2. The number of piperidine rings is 1. The van der Waals surface area contributed by atoms with E-state index in [4.69, 9.17) is 9.47 Å². The van der Waals surface area contributed by atoms with Crippen molar-refractivity contribution in [3.63, 3.8) is 0 Å². The number of hydrogen-bond acceptors (Lipinski definition) is 4. The van der Waals surface area contributed by atoms with Crippen molar-refractivity contribution in [2.75, 3.05) is 19.8 Å². The summed E-state index contributed by atoms with van der Waals surface area (Å²) >= 11 is 0. The van der Waals surface area contributed by atoms with Gasteiger partial charge in [-0.1, -0.05) is 6.92 Å². The summed E-state index contributed by atoms with van der Waals surface area (Å²) in [6, 6.07) is 6.16. The number of hydrogen-bond donors (Lipinski definition) is 1. The van der Waals surface area contributed by atoms with E-state index in [1.54, 1.807) is 24.3 Å². The normalized spacial score (nSPS) is 26.4. The summed E-state index contributed by atoms with van der Waals surface area (Å²) in [7, 11) is 0. The zero-order valence-corrected chi connectivity index (χ0v) is 14.5. The Balaban J connectivity index is 1.62. The van der Waals surface area contributed by atoms with E-state index in [-0.39, 0.29) is 12.0 Å². The van der Waals surface area contributed by atoms with Gasteiger partial charge in [-0.3, -0.25) is 4.79 Å². The maximum Gasteiger partial charge on any atom is 0.326 e. The van der Waals surface area contributed by atoms with Gasteiger partial charge in [0.25, 0.3) is 5.91 Å². The van der Waals surface area contributed by atoms with Crippen LogP contribution in [-0.4, -0.2) is 53.8 Å². The Hall–Kier alpha value is -2.08. The fraction of sp³-hybridized carbons (Fsp3) is 0.579. The van der Waals surface area contributed by atoms with Crippen LogP contribution in [0.5, 0.6) is 5.75 Å². The van der Waals surface area contributed by atoms with Gasteiger partial charge in [0, 0.05) is 18.7 Å². The van der Waals surface area contributed by atoms with Crippen LogP contribution in [0.1, 0.15) is 43.0 Å². The van der Waals surface area contributed by atoms with Crippen LogP contribution in [-0.2, 0) is 9.53 Å². The van der Waals surface area contributed by atoms with Crippen molar-refractivity contribution in [1.29, 1.82) is 0 Å². The second-order valence-corrected chi connectivity index (χ2v) is 6.95. The van der Waals surface area contributed by atoms with Gasteiger partial charge in [-0.15, -0.1) is 0 Å². The Morgan fingerprint density at radius 3 is 2.68 bits per heavy atom. The lowest BCUT2D eigenvalue weighted by Crippen LogP contribution is -2.49. The first kappa shape index (κ1) is 17.7. The van der Waals surface area contributed by atoms with Crippen LogP contribution >= 0.6 is 0 Å². The third-order valence-electron chi connectivity index (χ3n) is 4.97. The van der Waals surface area contributed by atoms with E-state index in [0.29, 0.717) is 36.8 Å². The molecule has 6 heteroatoms. The van der Waals surface area contributed by atoms with Crippen LogP contribution in [0.3, 0.4) is 0 Å². The molecule has 0 spiro atoms. The summed E-state index contributed by atoms with van der Waals surface area (Å²) < 4.78 is 11.2. The van der Waals surface area contributed by atoms with Crippen LogP contribution in [0, 0.1) is 5.92 Å². The van der Waals surface area contributed by atoms with Gasteiger partial charge in [-0.25, -0.2) is 4.79 Å². The molecule has 6 nitrogen and oxygen atoms in total. The molecule has 2 aliphatic rings. The van der Waals surface area contributed by atoms with Crippen LogP contribution in [0.2, 0.25) is 0 Å². The highest BCUT2D eigenvalue weighted by molar-refractivity contribution is 5.96. The molecule has 2 heterocycles. The molecule has 25 heavy (non-hydrogen) atoms. The number of benzene rings is 1. The standard InChI is InChI=1S/C19H25NO5/c1-13-8-9-20(17(11-13)19(22)23)18(21)14-4-6-15(7-5-14)25-12-16-3-2-10-24-16/h4-7,13,16-17H,2-3,8-12H2,1H3,(H,22,23). The second kappa shape index (κ2) is 7.87. The van der Waals surface area contributed by atoms with E-state index in [1.165, 1.54) is 4.90 Å². The Morgan fingerprint density at radius 1 is 1.28 bits per heavy atom. The molecular formula is C19H25NO5. The van der Waals surface area contributed by atoms with Gasteiger partial charge in [0.2, 0.25) is 0 Å².